The van der Waals surface area contributed by atoms with Crippen molar-refractivity contribution in [2.75, 3.05) is 13.7 Å². The lowest BCUT2D eigenvalue weighted by Gasteiger charge is -2.15. The second-order valence-electron chi connectivity index (χ2n) is 6.87. The van der Waals surface area contributed by atoms with E-state index in [2.05, 4.69) is 10.1 Å². The molecule has 0 radical (unpaired) electrons. The van der Waals surface area contributed by atoms with E-state index in [1.54, 1.807) is 19.1 Å². The van der Waals surface area contributed by atoms with Crippen LogP contribution in [0.5, 0.6) is 11.5 Å². The summed E-state index contributed by atoms with van der Waals surface area (Å²) in [6.45, 7) is 3.28. The van der Waals surface area contributed by atoms with Crippen molar-refractivity contribution in [1.29, 1.82) is 0 Å². The lowest BCUT2D eigenvalue weighted by molar-refractivity contribution is -0.144. The summed E-state index contributed by atoms with van der Waals surface area (Å²) < 4.78 is 20.8. The van der Waals surface area contributed by atoms with Gasteiger partial charge in [0.05, 0.1) is 20.3 Å². The van der Waals surface area contributed by atoms with Gasteiger partial charge in [-0.3, -0.25) is 9.69 Å². The third-order valence-electron chi connectivity index (χ3n) is 4.55. The normalized spacial score (nSPS) is 15.4. The van der Waals surface area contributed by atoms with Crippen molar-refractivity contribution >= 4 is 30.0 Å². The number of esters is 1. The molecule has 0 spiro atoms. The Kier molecular flexibility index (Phi) is 7.01. The van der Waals surface area contributed by atoms with Gasteiger partial charge in [-0.25, -0.2) is 14.4 Å². The molecule has 33 heavy (non-hydrogen) atoms. The van der Waals surface area contributed by atoms with Gasteiger partial charge in [-0.05, 0) is 49.8 Å². The van der Waals surface area contributed by atoms with E-state index in [1.165, 1.54) is 38.3 Å². The molecule has 1 aliphatic heterocycles. The van der Waals surface area contributed by atoms with Gasteiger partial charge in [0.1, 0.15) is 11.5 Å². The fourth-order valence-corrected chi connectivity index (χ4v) is 2.93. The van der Waals surface area contributed by atoms with Crippen LogP contribution >= 0.6 is 0 Å². The van der Waals surface area contributed by atoms with E-state index in [-0.39, 0.29) is 29.5 Å². The molecule has 3 rings (SSSR count). The Morgan fingerprint density at radius 2 is 1.97 bits per heavy atom. The molecule has 1 aromatic carbocycles. The van der Waals surface area contributed by atoms with Gasteiger partial charge in [0.15, 0.2) is 17.6 Å². The maximum absolute atomic E-state index is 12.7. The Labute approximate surface area is 188 Å². The van der Waals surface area contributed by atoms with Gasteiger partial charge in [0.25, 0.3) is 5.91 Å². The second-order valence-corrected chi connectivity index (χ2v) is 6.87. The van der Waals surface area contributed by atoms with Crippen LogP contribution in [0, 0.1) is 0 Å². The number of urea groups is 1. The Bertz CT molecular complexity index is 1120. The molecular formula is C22H22N2O9. The summed E-state index contributed by atoms with van der Waals surface area (Å²) in [5, 5.41) is 11.5. The number of amides is 3. The highest BCUT2D eigenvalue weighted by molar-refractivity contribution is 6.13. The predicted octanol–water partition coefficient (Wildman–Crippen LogP) is 2.41. The van der Waals surface area contributed by atoms with Crippen LogP contribution in [-0.2, 0) is 20.9 Å². The fraction of sp³-hybridized carbons (Fsp3) is 0.273. The molecule has 0 bridgehead atoms. The maximum Gasteiger partial charge on any atom is 0.373 e. The van der Waals surface area contributed by atoms with Crippen LogP contribution in [0.3, 0.4) is 0 Å². The summed E-state index contributed by atoms with van der Waals surface area (Å²) in [4.78, 5) is 48.6. The smallest absolute Gasteiger partial charge is 0.373 e. The van der Waals surface area contributed by atoms with Crippen LogP contribution < -0.4 is 14.8 Å². The molecule has 0 unspecified atom stereocenters. The molecular weight excluding hydrogens is 436 g/mol. The summed E-state index contributed by atoms with van der Waals surface area (Å²) in [6, 6.07) is 6.89. The van der Waals surface area contributed by atoms with Crippen LogP contribution in [0.2, 0.25) is 0 Å². The number of carboxylic acid groups (broad SMARTS) is 1. The van der Waals surface area contributed by atoms with E-state index >= 15 is 0 Å². The van der Waals surface area contributed by atoms with Gasteiger partial charge >= 0.3 is 18.0 Å². The van der Waals surface area contributed by atoms with E-state index in [1.807, 2.05) is 0 Å². The van der Waals surface area contributed by atoms with Gasteiger partial charge < -0.3 is 29.1 Å². The van der Waals surface area contributed by atoms with Crippen molar-refractivity contribution in [3.05, 3.63) is 53.1 Å². The Balaban J connectivity index is 1.79. The minimum absolute atomic E-state index is 0.0229. The van der Waals surface area contributed by atoms with Gasteiger partial charge in [0, 0.05) is 0 Å². The minimum Gasteiger partial charge on any atom is -0.490 e. The van der Waals surface area contributed by atoms with Crippen LogP contribution in [-0.4, -0.2) is 53.7 Å². The number of aliphatic carboxylic acids is 1. The first-order valence-corrected chi connectivity index (χ1v) is 9.91. The van der Waals surface area contributed by atoms with Crippen molar-refractivity contribution in [3.63, 3.8) is 0 Å². The molecule has 174 valence electrons. The number of hydrogen-bond acceptors (Lipinski definition) is 8. The molecule has 2 N–H and O–H groups in total. The number of carbonyl (C=O) groups is 4. The van der Waals surface area contributed by atoms with Gasteiger partial charge in [-0.15, -0.1) is 0 Å². The zero-order chi connectivity index (χ0) is 24.1. The molecule has 2 aromatic rings. The fourth-order valence-electron chi connectivity index (χ4n) is 2.93. The van der Waals surface area contributed by atoms with E-state index in [0.717, 1.165) is 4.90 Å². The molecule has 1 saturated heterocycles. The quantitative estimate of drug-likeness (QED) is 0.329. The number of nitrogens with zero attached hydrogens (tertiary/aromatic N) is 1. The molecule has 11 nitrogen and oxygen atoms in total. The Hall–Kier alpha value is -4.28. The summed E-state index contributed by atoms with van der Waals surface area (Å²) in [6.07, 6.45) is 0.369. The zero-order valence-corrected chi connectivity index (χ0v) is 18.1. The maximum atomic E-state index is 12.7. The summed E-state index contributed by atoms with van der Waals surface area (Å²) in [5.41, 5.74) is 0.542. The third-order valence-corrected chi connectivity index (χ3v) is 4.55. The van der Waals surface area contributed by atoms with Crippen LogP contribution in [0.1, 0.15) is 35.7 Å². The molecule has 2 heterocycles. The Morgan fingerprint density at radius 3 is 2.64 bits per heavy atom. The highest BCUT2D eigenvalue weighted by Gasteiger charge is 2.34. The molecule has 1 aliphatic rings. The lowest BCUT2D eigenvalue weighted by Crippen LogP contribution is -2.30. The molecule has 0 saturated carbocycles. The Morgan fingerprint density at radius 1 is 1.21 bits per heavy atom. The van der Waals surface area contributed by atoms with Crippen LogP contribution in [0.25, 0.3) is 6.08 Å². The number of methoxy groups -OCH3 is 1. The lowest BCUT2D eigenvalue weighted by atomic mass is 10.1. The highest BCUT2D eigenvalue weighted by Crippen LogP contribution is 2.30. The molecule has 1 fully saturated rings. The number of imide groups is 1. The zero-order valence-electron chi connectivity index (χ0n) is 18.1. The molecule has 0 aliphatic carbocycles. The van der Waals surface area contributed by atoms with Crippen LogP contribution in [0.4, 0.5) is 4.79 Å². The molecule has 1 aromatic heterocycles. The predicted molar refractivity (Wildman–Crippen MR) is 112 cm³/mol. The second kappa shape index (κ2) is 9.90. The molecule has 1 atom stereocenters. The summed E-state index contributed by atoms with van der Waals surface area (Å²) in [7, 11) is 1.21. The summed E-state index contributed by atoms with van der Waals surface area (Å²) >= 11 is 0. The number of furan rings is 1. The number of nitrogens with one attached hydrogen (secondary N) is 1. The van der Waals surface area contributed by atoms with Crippen molar-refractivity contribution < 1.29 is 42.9 Å². The first-order chi connectivity index (χ1) is 15.7. The third kappa shape index (κ3) is 5.32. The van der Waals surface area contributed by atoms with E-state index in [0.29, 0.717) is 17.9 Å². The first-order valence-electron chi connectivity index (χ1n) is 9.91. The summed E-state index contributed by atoms with van der Waals surface area (Å²) in [5.74, 6) is -1.68. The van der Waals surface area contributed by atoms with Crippen molar-refractivity contribution in [2.45, 2.75) is 26.5 Å². The number of ether oxygens (including phenoxy) is 3. The van der Waals surface area contributed by atoms with E-state index < -0.39 is 30.0 Å². The SMILES string of the molecule is CCOc1cc(/C=C2\NC(=O)N(Cc3ccc(C(=O)OC)o3)C2=O)ccc1O[C@H](C)C(=O)O. The topological polar surface area (TPSA) is 145 Å². The number of rotatable bonds is 9. The standard InChI is InChI=1S/C22H22N2O9/c1-4-31-18-10-13(5-7-16(18)32-12(2)20(26)27)9-15-19(25)24(22(29)23-15)11-14-6-8-17(33-14)21(28)30-3/h5-10,12H,4,11H2,1-3H3,(H,23,29)(H,26,27)/b15-9-/t12-/m1/s1. The number of hydrogen-bond donors (Lipinski definition) is 2. The van der Waals surface area contributed by atoms with Crippen molar-refractivity contribution in [1.82, 2.24) is 10.2 Å². The van der Waals surface area contributed by atoms with Crippen LogP contribution in [0.15, 0.2) is 40.4 Å². The minimum atomic E-state index is -1.13. The van der Waals surface area contributed by atoms with Gasteiger partial charge in [0.2, 0.25) is 5.76 Å². The van der Waals surface area contributed by atoms with Crippen molar-refractivity contribution in [3.8, 4) is 11.5 Å². The van der Waals surface area contributed by atoms with Crippen molar-refractivity contribution in [2.24, 2.45) is 0 Å². The average molecular weight is 458 g/mol. The molecule has 11 heteroatoms. The van der Waals surface area contributed by atoms with E-state index in [9.17, 15) is 19.2 Å². The number of benzene rings is 1. The van der Waals surface area contributed by atoms with E-state index in [4.69, 9.17) is 19.0 Å². The molecule has 3 amide bonds. The average Bonchev–Trinajstić information content (AvgIpc) is 3.35. The monoisotopic (exact) mass is 458 g/mol. The van der Waals surface area contributed by atoms with Gasteiger partial charge in [-0.2, -0.15) is 0 Å². The number of carboxylic acids is 1. The largest absolute Gasteiger partial charge is 0.490 e. The first kappa shape index (κ1) is 23.4. The number of carbonyl (C=O) groups excluding carboxylic acids is 3. The van der Waals surface area contributed by atoms with Gasteiger partial charge in [-0.1, -0.05) is 6.07 Å². The highest BCUT2D eigenvalue weighted by atomic mass is 16.5.